The van der Waals surface area contributed by atoms with Gasteiger partial charge in [0.25, 0.3) is 0 Å². The van der Waals surface area contributed by atoms with Gasteiger partial charge in [-0.15, -0.1) is 0 Å². The summed E-state index contributed by atoms with van der Waals surface area (Å²) in [6.45, 7) is 6.37. The summed E-state index contributed by atoms with van der Waals surface area (Å²) in [5, 5.41) is 20.3. The van der Waals surface area contributed by atoms with E-state index in [2.05, 4.69) is 4.90 Å². The lowest BCUT2D eigenvalue weighted by atomic mass is 9.92. The Morgan fingerprint density at radius 3 is 2.58 bits per heavy atom. The Morgan fingerprint density at radius 2 is 2.00 bits per heavy atom. The van der Waals surface area contributed by atoms with E-state index in [-0.39, 0.29) is 6.10 Å². The molecule has 1 aliphatic heterocycles. The first-order chi connectivity index (χ1) is 8.97. The van der Waals surface area contributed by atoms with E-state index in [0.717, 1.165) is 43.6 Å². The normalized spacial score (nSPS) is 19.6. The van der Waals surface area contributed by atoms with Crippen LogP contribution in [0, 0.1) is 12.8 Å². The van der Waals surface area contributed by atoms with Crippen molar-refractivity contribution in [1.29, 1.82) is 0 Å². The minimum Gasteiger partial charge on any atom is -0.507 e. The fourth-order valence-corrected chi connectivity index (χ4v) is 3.06. The van der Waals surface area contributed by atoms with Crippen molar-refractivity contribution in [1.82, 2.24) is 4.90 Å². The van der Waals surface area contributed by atoms with Crippen molar-refractivity contribution in [3.8, 4) is 5.75 Å². The predicted octanol–water partition coefficient (Wildman–Crippen LogP) is 2.95. The summed E-state index contributed by atoms with van der Waals surface area (Å²) in [5.74, 6) is 0.757. The van der Waals surface area contributed by atoms with E-state index >= 15 is 0 Å². The number of aromatic hydroxyl groups is 1. The van der Waals surface area contributed by atoms with Gasteiger partial charge in [0.2, 0.25) is 0 Å². The van der Waals surface area contributed by atoms with Crippen LogP contribution in [0.4, 0.5) is 0 Å². The number of nitrogens with zero attached hydrogens (tertiary/aromatic N) is 1. The Labute approximate surface area is 119 Å². The van der Waals surface area contributed by atoms with Gasteiger partial charge >= 0.3 is 0 Å². The number of hydrogen-bond donors (Lipinski definition) is 2. The molecular weight excluding hydrogens is 262 g/mol. The van der Waals surface area contributed by atoms with E-state index < -0.39 is 0 Å². The van der Waals surface area contributed by atoms with Gasteiger partial charge in [-0.1, -0.05) is 11.6 Å². The van der Waals surface area contributed by atoms with Gasteiger partial charge in [-0.05, 0) is 63.4 Å². The lowest BCUT2D eigenvalue weighted by Gasteiger charge is -2.33. The molecule has 1 saturated heterocycles. The van der Waals surface area contributed by atoms with Crippen molar-refractivity contribution < 1.29 is 10.2 Å². The maximum absolute atomic E-state index is 10.1. The quantitative estimate of drug-likeness (QED) is 0.896. The number of aliphatic hydroxyl groups is 1. The highest BCUT2D eigenvalue weighted by Gasteiger charge is 2.23. The number of aliphatic hydroxyl groups excluding tert-OH is 1. The highest BCUT2D eigenvalue weighted by Crippen LogP contribution is 2.29. The summed E-state index contributed by atoms with van der Waals surface area (Å²) in [5.41, 5.74) is 1.71. The fourth-order valence-electron chi connectivity index (χ4n) is 2.76. The number of aryl methyl sites for hydroxylation is 1. The molecule has 1 aliphatic rings. The van der Waals surface area contributed by atoms with Gasteiger partial charge in [-0.25, -0.2) is 0 Å². The summed E-state index contributed by atoms with van der Waals surface area (Å²) in [6, 6.07) is 3.62. The van der Waals surface area contributed by atoms with Crippen LogP contribution in [0.3, 0.4) is 0 Å². The second-order valence-corrected chi connectivity index (χ2v) is 6.02. The van der Waals surface area contributed by atoms with Crippen LogP contribution in [0.2, 0.25) is 5.02 Å². The van der Waals surface area contributed by atoms with Crippen LogP contribution in [0.1, 0.15) is 30.9 Å². The van der Waals surface area contributed by atoms with Crippen molar-refractivity contribution in [2.75, 3.05) is 13.1 Å². The largest absolute Gasteiger partial charge is 0.507 e. The molecular formula is C15H22ClNO2. The van der Waals surface area contributed by atoms with Crippen molar-refractivity contribution >= 4 is 11.6 Å². The predicted molar refractivity (Wildman–Crippen MR) is 77.5 cm³/mol. The molecule has 1 fully saturated rings. The Hall–Kier alpha value is -0.770. The summed E-state index contributed by atoms with van der Waals surface area (Å²) in [6.07, 6.45) is 1.81. The van der Waals surface area contributed by atoms with Crippen LogP contribution in [0.15, 0.2) is 12.1 Å². The number of hydrogen-bond acceptors (Lipinski definition) is 3. The number of likely N-dealkylation sites (tertiary alicyclic amines) is 1. The highest BCUT2D eigenvalue weighted by molar-refractivity contribution is 6.30. The zero-order valence-corrected chi connectivity index (χ0v) is 12.3. The van der Waals surface area contributed by atoms with Gasteiger partial charge in [0.1, 0.15) is 5.75 Å². The van der Waals surface area contributed by atoms with E-state index in [9.17, 15) is 10.2 Å². The summed E-state index contributed by atoms with van der Waals surface area (Å²) >= 11 is 6.04. The molecule has 0 spiro atoms. The number of rotatable bonds is 3. The summed E-state index contributed by atoms with van der Waals surface area (Å²) in [4.78, 5) is 2.31. The van der Waals surface area contributed by atoms with E-state index in [1.54, 1.807) is 6.07 Å². The minimum absolute atomic E-state index is 0.219. The van der Waals surface area contributed by atoms with Crippen molar-refractivity contribution in [2.45, 2.75) is 39.3 Å². The molecule has 2 N–H and O–H groups in total. The van der Waals surface area contributed by atoms with E-state index in [1.165, 1.54) is 0 Å². The summed E-state index contributed by atoms with van der Waals surface area (Å²) in [7, 11) is 0. The Bertz CT molecular complexity index is 440. The zero-order valence-electron chi connectivity index (χ0n) is 11.6. The molecule has 2 rings (SSSR count). The van der Waals surface area contributed by atoms with Crippen LogP contribution in [0.25, 0.3) is 0 Å². The molecule has 0 aromatic heterocycles. The molecule has 1 atom stereocenters. The zero-order chi connectivity index (χ0) is 14.0. The molecule has 3 nitrogen and oxygen atoms in total. The number of halogens is 1. The maximum atomic E-state index is 10.1. The molecule has 0 saturated carbocycles. The van der Waals surface area contributed by atoms with Gasteiger partial charge in [-0.2, -0.15) is 0 Å². The summed E-state index contributed by atoms with van der Waals surface area (Å²) < 4.78 is 0. The van der Waals surface area contributed by atoms with Gasteiger partial charge in [0.15, 0.2) is 0 Å². The van der Waals surface area contributed by atoms with Gasteiger partial charge in [-0.3, -0.25) is 4.90 Å². The lowest BCUT2D eigenvalue weighted by molar-refractivity contribution is 0.0693. The molecule has 106 valence electrons. The first-order valence-electron chi connectivity index (χ1n) is 6.85. The molecule has 0 aliphatic carbocycles. The SMILES string of the molecule is Cc1cc(Cl)cc(CN2CCC(C(C)O)CC2)c1O. The van der Waals surface area contributed by atoms with E-state index in [4.69, 9.17) is 11.6 Å². The number of phenols is 1. The fraction of sp³-hybridized carbons (Fsp3) is 0.600. The molecule has 0 bridgehead atoms. The first-order valence-corrected chi connectivity index (χ1v) is 7.23. The average molecular weight is 284 g/mol. The van der Waals surface area contributed by atoms with Crippen LogP contribution in [-0.4, -0.2) is 34.3 Å². The molecule has 1 heterocycles. The van der Waals surface area contributed by atoms with Gasteiger partial charge in [0.05, 0.1) is 6.10 Å². The van der Waals surface area contributed by atoms with Crippen molar-refractivity contribution in [3.05, 3.63) is 28.3 Å². The second kappa shape index (κ2) is 6.12. The Balaban J connectivity index is 2.00. The minimum atomic E-state index is -0.219. The molecule has 19 heavy (non-hydrogen) atoms. The average Bonchev–Trinajstić information content (AvgIpc) is 2.36. The van der Waals surface area contributed by atoms with E-state index in [0.29, 0.717) is 16.7 Å². The number of piperidine rings is 1. The first kappa shape index (κ1) is 14.6. The maximum Gasteiger partial charge on any atom is 0.123 e. The van der Waals surface area contributed by atoms with Crippen LogP contribution in [-0.2, 0) is 6.54 Å². The van der Waals surface area contributed by atoms with Crippen LogP contribution in [0.5, 0.6) is 5.75 Å². The monoisotopic (exact) mass is 283 g/mol. The molecule has 4 heteroatoms. The van der Waals surface area contributed by atoms with Crippen LogP contribution >= 0.6 is 11.6 Å². The van der Waals surface area contributed by atoms with Gasteiger partial charge < -0.3 is 10.2 Å². The molecule has 0 amide bonds. The van der Waals surface area contributed by atoms with Crippen LogP contribution < -0.4 is 0 Å². The molecule has 1 aromatic carbocycles. The molecule has 1 unspecified atom stereocenters. The smallest absolute Gasteiger partial charge is 0.123 e. The third-order valence-electron chi connectivity index (χ3n) is 4.05. The van der Waals surface area contributed by atoms with Crippen molar-refractivity contribution in [2.24, 2.45) is 5.92 Å². The molecule has 0 radical (unpaired) electrons. The number of phenolic OH excluding ortho intramolecular Hbond substituents is 1. The van der Waals surface area contributed by atoms with Gasteiger partial charge in [0, 0.05) is 17.1 Å². The molecule has 1 aromatic rings. The van der Waals surface area contributed by atoms with E-state index in [1.807, 2.05) is 19.9 Å². The lowest BCUT2D eigenvalue weighted by Crippen LogP contribution is -2.36. The number of benzene rings is 1. The Kier molecular flexibility index (Phi) is 4.71. The van der Waals surface area contributed by atoms with Crippen molar-refractivity contribution in [3.63, 3.8) is 0 Å². The third-order valence-corrected chi connectivity index (χ3v) is 4.27. The second-order valence-electron chi connectivity index (χ2n) is 5.58. The Morgan fingerprint density at radius 1 is 1.37 bits per heavy atom. The highest BCUT2D eigenvalue weighted by atomic mass is 35.5. The topological polar surface area (TPSA) is 43.7 Å². The third kappa shape index (κ3) is 3.62. The standard InChI is InChI=1S/C15H22ClNO2/c1-10-7-14(16)8-13(15(10)19)9-17-5-3-12(4-6-17)11(2)18/h7-8,11-12,18-19H,3-6,9H2,1-2H3.